The molecule has 7 heteroatoms. The molecule has 2 aromatic rings. The van der Waals surface area contributed by atoms with E-state index in [4.69, 9.17) is 0 Å². The monoisotopic (exact) mass is 364 g/mol. The van der Waals surface area contributed by atoms with Gasteiger partial charge in [0.25, 0.3) is 5.56 Å². The molecule has 0 aliphatic heterocycles. The molecule has 0 aliphatic carbocycles. The maximum absolute atomic E-state index is 12.6. The van der Waals surface area contributed by atoms with E-state index in [1.807, 2.05) is 11.5 Å². The van der Waals surface area contributed by atoms with E-state index in [1.165, 1.54) is 37.3 Å². The topological polar surface area (TPSA) is 61.8 Å². The minimum Gasteiger partial charge on any atom is -0.309 e. The van der Waals surface area contributed by atoms with Crippen molar-refractivity contribution in [2.75, 3.05) is 5.75 Å². The molecule has 0 spiro atoms. The van der Waals surface area contributed by atoms with Crippen molar-refractivity contribution < 1.29 is 0 Å². The summed E-state index contributed by atoms with van der Waals surface area (Å²) in [7, 11) is 3.16. The average Bonchev–Trinajstić information content (AvgIpc) is 2.92. The molecule has 0 atom stereocenters. The number of allylic oxidation sites excluding steroid dienone is 1. The zero-order valence-corrected chi connectivity index (χ0v) is 16.5. The van der Waals surface area contributed by atoms with Gasteiger partial charge in [-0.05, 0) is 13.3 Å². The Morgan fingerprint density at radius 1 is 1.12 bits per heavy atom. The summed E-state index contributed by atoms with van der Waals surface area (Å²) in [6.45, 7) is 8.63. The van der Waals surface area contributed by atoms with E-state index in [0.29, 0.717) is 17.7 Å². The predicted molar refractivity (Wildman–Crippen MR) is 105 cm³/mol. The molecule has 2 heterocycles. The molecule has 2 aromatic heterocycles. The van der Waals surface area contributed by atoms with Gasteiger partial charge in [-0.3, -0.25) is 13.9 Å². The lowest BCUT2D eigenvalue weighted by molar-refractivity contribution is 0.658. The largest absolute Gasteiger partial charge is 0.332 e. The van der Waals surface area contributed by atoms with Crippen LogP contribution in [0.5, 0.6) is 0 Å². The summed E-state index contributed by atoms with van der Waals surface area (Å²) in [5.74, 6) is 0.956. The molecule has 25 heavy (non-hydrogen) atoms. The third-order valence-corrected chi connectivity index (χ3v) is 5.28. The molecule has 0 saturated carbocycles. The first-order valence-corrected chi connectivity index (χ1v) is 9.80. The summed E-state index contributed by atoms with van der Waals surface area (Å²) < 4.78 is 4.48. The van der Waals surface area contributed by atoms with Gasteiger partial charge in [0, 0.05) is 26.4 Å². The van der Waals surface area contributed by atoms with Crippen molar-refractivity contribution in [1.29, 1.82) is 0 Å². The SMILES string of the molecule is C=C(C)Cn1c(SCCCCCCC)nc2c1c(=O)n(C)c(=O)n2C. The number of imidazole rings is 1. The smallest absolute Gasteiger partial charge is 0.309 e. The molecule has 0 unspecified atom stereocenters. The maximum atomic E-state index is 12.6. The van der Waals surface area contributed by atoms with Gasteiger partial charge in [-0.25, -0.2) is 9.78 Å². The van der Waals surface area contributed by atoms with Crippen molar-refractivity contribution in [3.05, 3.63) is 33.0 Å². The van der Waals surface area contributed by atoms with Crippen molar-refractivity contribution >= 4 is 22.9 Å². The van der Waals surface area contributed by atoms with Crippen molar-refractivity contribution in [3.63, 3.8) is 0 Å². The van der Waals surface area contributed by atoms with E-state index in [1.54, 1.807) is 18.8 Å². The average molecular weight is 365 g/mol. The fourth-order valence-electron chi connectivity index (χ4n) is 2.82. The Bertz CT molecular complexity index is 876. The lowest BCUT2D eigenvalue weighted by Crippen LogP contribution is -2.37. The normalized spacial score (nSPS) is 11.4. The standard InChI is InChI=1S/C18H28N4O2S/c1-6-7-8-9-10-11-25-17-19-15-14(22(17)12-13(2)3)16(23)21(5)18(24)20(15)4/h2,6-12H2,1,3-5H3. The Hall–Kier alpha value is -1.76. The van der Waals surface area contributed by atoms with Gasteiger partial charge in [0.2, 0.25) is 0 Å². The van der Waals surface area contributed by atoms with Gasteiger partial charge in [-0.1, -0.05) is 56.5 Å². The lowest BCUT2D eigenvalue weighted by atomic mass is 10.2. The molecule has 0 amide bonds. The van der Waals surface area contributed by atoms with Gasteiger partial charge in [0.1, 0.15) is 0 Å². The number of aromatic nitrogens is 4. The third kappa shape index (κ3) is 4.26. The molecule has 0 bridgehead atoms. The van der Waals surface area contributed by atoms with Crippen molar-refractivity contribution in [1.82, 2.24) is 18.7 Å². The van der Waals surface area contributed by atoms with E-state index in [2.05, 4.69) is 18.5 Å². The van der Waals surface area contributed by atoms with Crippen molar-refractivity contribution in [3.8, 4) is 0 Å². The van der Waals surface area contributed by atoms with E-state index in [0.717, 1.165) is 27.5 Å². The molecule has 0 saturated heterocycles. The third-order valence-electron chi connectivity index (χ3n) is 4.22. The second kappa shape index (κ2) is 8.56. The Labute approximate surface area is 152 Å². The van der Waals surface area contributed by atoms with E-state index in [-0.39, 0.29) is 11.2 Å². The van der Waals surface area contributed by atoms with Crippen LogP contribution in [0, 0.1) is 0 Å². The number of rotatable bonds is 9. The number of hydrogen-bond acceptors (Lipinski definition) is 4. The highest BCUT2D eigenvalue weighted by Crippen LogP contribution is 2.24. The molecule has 0 fully saturated rings. The molecule has 0 N–H and O–H groups in total. The molecular weight excluding hydrogens is 336 g/mol. The molecule has 0 aliphatic rings. The van der Waals surface area contributed by atoms with Gasteiger partial charge in [-0.15, -0.1) is 0 Å². The molecule has 0 aromatic carbocycles. The van der Waals surface area contributed by atoms with Crippen molar-refractivity contribution in [2.45, 2.75) is 57.7 Å². The lowest BCUT2D eigenvalue weighted by Gasteiger charge is -2.09. The molecule has 2 rings (SSSR count). The van der Waals surface area contributed by atoms with E-state index < -0.39 is 0 Å². The zero-order valence-electron chi connectivity index (χ0n) is 15.7. The van der Waals surface area contributed by atoms with Crippen LogP contribution < -0.4 is 11.2 Å². The first kappa shape index (κ1) is 19.6. The maximum Gasteiger partial charge on any atom is 0.332 e. The van der Waals surface area contributed by atoms with Crippen LogP contribution in [0.3, 0.4) is 0 Å². The van der Waals surface area contributed by atoms with Gasteiger partial charge in [-0.2, -0.15) is 0 Å². The van der Waals surface area contributed by atoms with Gasteiger partial charge in [0.15, 0.2) is 16.3 Å². The van der Waals surface area contributed by atoms with Crippen LogP contribution in [0.15, 0.2) is 26.9 Å². The molecule has 138 valence electrons. The zero-order chi connectivity index (χ0) is 18.6. The Kier molecular flexibility index (Phi) is 6.70. The van der Waals surface area contributed by atoms with Gasteiger partial charge in [0.05, 0.1) is 0 Å². The summed E-state index contributed by atoms with van der Waals surface area (Å²) >= 11 is 1.65. The van der Waals surface area contributed by atoms with Crippen LogP contribution in [-0.4, -0.2) is 24.4 Å². The predicted octanol–water partition coefficient (Wildman–Crippen LogP) is 3.07. The van der Waals surface area contributed by atoms with Crippen LogP contribution >= 0.6 is 11.8 Å². The minimum absolute atomic E-state index is 0.304. The van der Waals surface area contributed by atoms with Gasteiger partial charge >= 0.3 is 5.69 Å². The highest BCUT2D eigenvalue weighted by Gasteiger charge is 2.19. The Balaban J connectivity index is 2.37. The second-order valence-corrected chi connectivity index (χ2v) is 7.64. The van der Waals surface area contributed by atoms with Crippen LogP contribution in [-0.2, 0) is 20.6 Å². The Morgan fingerprint density at radius 2 is 1.80 bits per heavy atom. The van der Waals surface area contributed by atoms with E-state index >= 15 is 0 Å². The summed E-state index contributed by atoms with van der Waals surface area (Å²) in [6, 6.07) is 0. The number of hydrogen-bond donors (Lipinski definition) is 0. The number of aryl methyl sites for hydroxylation is 1. The number of thioether (sulfide) groups is 1. The van der Waals surface area contributed by atoms with Crippen LogP contribution in [0.25, 0.3) is 11.2 Å². The highest BCUT2D eigenvalue weighted by molar-refractivity contribution is 7.99. The second-order valence-electron chi connectivity index (χ2n) is 6.58. The first-order chi connectivity index (χ1) is 11.9. The fraction of sp³-hybridized carbons (Fsp3) is 0.611. The van der Waals surface area contributed by atoms with Crippen molar-refractivity contribution in [2.24, 2.45) is 14.1 Å². The number of unbranched alkanes of at least 4 members (excludes halogenated alkanes) is 4. The summed E-state index contributed by atoms with van der Waals surface area (Å²) in [5, 5.41) is 0.784. The first-order valence-electron chi connectivity index (χ1n) is 8.81. The number of fused-ring (bicyclic) bond motifs is 1. The fourth-order valence-corrected chi connectivity index (χ4v) is 3.82. The Morgan fingerprint density at radius 3 is 2.44 bits per heavy atom. The quantitative estimate of drug-likeness (QED) is 0.390. The van der Waals surface area contributed by atoms with Crippen LogP contribution in [0.4, 0.5) is 0 Å². The molecule has 6 nitrogen and oxygen atoms in total. The van der Waals surface area contributed by atoms with Gasteiger partial charge < -0.3 is 4.57 Å². The van der Waals surface area contributed by atoms with Crippen LogP contribution in [0.2, 0.25) is 0 Å². The summed E-state index contributed by atoms with van der Waals surface area (Å²) in [5.41, 5.74) is 1.21. The summed E-state index contributed by atoms with van der Waals surface area (Å²) in [6.07, 6.45) is 6.10. The van der Waals surface area contributed by atoms with E-state index in [9.17, 15) is 9.59 Å². The molecule has 0 radical (unpaired) electrons. The summed E-state index contributed by atoms with van der Waals surface area (Å²) in [4.78, 5) is 29.4. The minimum atomic E-state index is -0.353. The molecular formula is C18H28N4O2S. The van der Waals surface area contributed by atoms with Crippen LogP contribution in [0.1, 0.15) is 46.0 Å². The highest BCUT2D eigenvalue weighted by atomic mass is 32.2. The number of nitrogens with zero attached hydrogens (tertiary/aromatic N) is 4.